The lowest BCUT2D eigenvalue weighted by atomic mass is 10.3. The number of hydrogen-bond acceptors (Lipinski definition) is 2. The van der Waals surface area contributed by atoms with E-state index in [1.807, 2.05) is 0 Å². The molecular formula is C12H9F2NO2. The molecule has 2 aromatic rings. The van der Waals surface area contributed by atoms with Gasteiger partial charge in [-0.1, -0.05) is 0 Å². The Labute approximate surface area is 96.1 Å². The fraction of sp³-hybridized carbons (Fsp3) is 0.0833. The standard InChI is InChI=1S/C12H9F2NO2/c1-7-2-5-11(17-7)12(16)15-8-3-4-9(13)10(14)6-8/h2-6H,1H3,(H,15,16). The van der Waals surface area contributed by atoms with Gasteiger partial charge in [0.25, 0.3) is 5.91 Å². The van der Waals surface area contributed by atoms with Crippen molar-refractivity contribution in [1.82, 2.24) is 0 Å². The van der Waals surface area contributed by atoms with E-state index in [0.29, 0.717) is 5.76 Å². The minimum absolute atomic E-state index is 0.118. The molecule has 5 heteroatoms. The number of carbonyl (C=O) groups is 1. The van der Waals surface area contributed by atoms with E-state index in [2.05, 4.69) is 5.32 Å². The summed E-state index contributed by atoms with van der Waals surface area (Å²) in [4.78, 5) is 11.6. The first-order chi connectivity index (χ1) is 8.06. The van der Waals surface area contributed by atoms with E-state index in [4.69, 9.17) is 4.42 Å². The van der Waals surface area contributed by atoms with Crippen LogP contribution >= 0.6 is 0 Å². The molecule has 1 aromatic heterocycles. The Morgan fingerprint density at radius 3 is 2.53 bits per heavy atom. The van der Waals surface area contributed by atoms with Crippen molar-refractivity contribution in [2.24, 2.45) is 0 Å². The van der Waals surface area contributed by atoms with E-state index in [1.54, 1.807) is 13.0 Å². The Bertz CT molecular complexity index is 563. The highest BCUT2D eigenvalue weighted by molar-refractivity contribution is 6.02. The fourth-order valence-corrected chi connectivity index (χ4v) is 1.32. The summed E-state index contributed by atoms with van der Waals surface area (Å²) in [6, 6.07) is 6.26. The number of amides is 1. The van der Waals surface area contributed by atoms with Crippen molar-refractivity contribution in [3.63, 3.8) is 0 Å². The summed E-state index contributed by atoms with van der Waals surface area (Å²) in [6.45, 7) is 1.70. The number of furan rings is 1. The Morgan fingerprint density at radius 1 is 1.18 bits per heavy atom. The quantitative estimate of drug-likeness (QED) is 0.871. The fourth-order valence-electron chi connectivity index (χ4n) is 1.32. The van der Waals surface area contributed by atoms with E-state index >= 15 is 0 Å². The van der Waals surface area contributed by atoms with Crippen LogP contribution in [0.5, 0.6) is 0 Å². The smallest absolute Gasteiger partial charge is 0.291 e. The number of rotatable bonds is 2. The lowest BCUT2D eigenvalue weighted by Gasteiger charge is -2.03. The van der Waals surface area contributed by atoms with Crippen LogP contribution in [0.2, 0.25) is 0 Å². The normalized spacial score (nSPS) is 10.3. The molecule has 0 aliphatic rings. The zero-order valence-corrected chi connectivity index (χ0v) is 8.96. The zero-order valence-electron chi connectivity index (χ0n) is 8.96. The number of hydrogen-bond donors (Lipinski definition) is 1. The van der Waals surface area contributed by atoms with Crippen molar-refractivity contribution >= 4 is 11.6 Å². The van der Waals surface area contributed by atoms with Gasteiger partial charge in [-0.2, -0.15) is 0 Å². The molecule has 2 rings (SSSR count). The second-order valence-corrected chi connectivity index (χ2v) is 3.49. The average Bonchev–Trinajstić information content (AvgIpc) is 2.70. The van der Waals surface area contributed by atoms with Gasteiger partial charge in [0.1, 0.15) is 5.76 Å². The minimum Gasteiger partial charge on any atom is -0.456 e. The second kappa shape index (κ2) is 4.37. The summed E-state index contributed by atoms with van der Waals surface area (Å²) in [7, 11) is 0. The summed E-state index contributed by atoms with van der Waals surface area (Å²) in [5.74, 6) is -1.77. The predicted octanol–water partition coefficient (Wildman–Crippen LogP) is 3.12. The lowest BCUT2D eigenvalue weighted by Crippen LogP contribution is -2.11. The minimum atomic E-state index is -1.02. The first-order valence-electron chi connectivity index (χ1n) is 4.89. The molecule has 0 aliphatic heterocycles. The van der Waals surface area contributed by atoms with Gasteiger partial charge >= 0.3 is 0 Å². The second-order valence-electron chi connectivity index (χ2n) is 3.49. The largest absolute Gasteiger partial charge is 0.456 e. The van der Waals surface area contributed by atoms with E-state index in [1.165, 1.54) is 12.1 Å². The number of halogens is 2. The molecule has 0 fully saturated rings. The van der Waals surface area contributed by atoms with Crippen LogP contribution in [0.25, 0.3) is 0 Å². The Hall–Kier alpha value is -2.17. The molecule has 0 spiro atoms. The molecule has 1 heterocycles. The van der Waals surface area contributed by atoms with Crippen molar-refractivity contribution < 1.29 is 18.0 Å². The highest BCUT2D eigenvalue weighted by Crippen LogP contribution is 2.15. The van der Waals surface area contributed by atoms with Gasteiger partial charge in [0, 0.05) is 11.8 Å². The molecule has 0 radical (unpaired) electrons. The van der Waals surface area contributed by atoms with Gasteiger partial charge in [-0.05, 0) is 31.2 Å². The molecule has 0 unspecified atom stereocenters. The molecule has 3 nitrogen and oxygen atoms in total. The third-order valence-corrected chi connectivity index (χ3v) is 2.14. The average molecular weight is 237 g/mol. The van der Waals surface area contributed by atoms with Crippen LogP contribution in [0.1, 0.15) is 16.3 Å². The molecule has 1 aromatic carbocycles. The van der Waals surface area contributed by atoms with Gasteiger partial charge in [0.05, 0.1) is 0 Å². The highest BCUT2D eigenvalue weighted by atomic mass is 19.2. The molecular weight excluding hydrogens is 228 g/mol. The molecule has 0 saturated carbocycles. The molecule has 88 valence electrons. The van der Waals surface area contributed by atoms with E-state index < -0.39 is 17.5 Å². The lowest BCUT2D eigenvalue weighted by molar-refractivity contribution is 0.0995. The number of benzene rings is 1. The summed E-state index contributed by atoms with van der Waals surface area (Å²) in [6.07, 6.45) is 0. The topological polar surface area (TPSA) is 42.2 Å². The molecule has 1 amide bonds. The van der Waals surface area contributed by atoms with Gasteiger partial charge in [-0.3, -0.25) is 4.79 Å². The van der Waals surface area contributed by atoms with Crippen LogP contribution in [0.3, 0.4) is 0 Å². The SMILES string of the molecule is Cc1ccc(C(=O)Nc2ccc(F)c(F)c2)o1. The third kappa shape index (κ3) is 2.50. The summed E-state index contributed by atoms with van der Waals surface area (Å²) in [5, 5.41) is 2.40. The Morgan fingerprint density at radius 2 is 1.94 bits per heavy atom. The van der Waals surface area contributed by atoms with E-state index in [9.17, 15) is 13.6 Å². The van der Waals surface area contributed by atoms with Gasteiger partial charge < -0.3 is 9.73 Å². The van der Waals surface area contributed by atoms with Crippen LogP contribution in [-0.4, -0.2) is 5.91 Å². The van der Waals surface area contributed by atoms with Crippen molar-refractivity contribution in [2.75, 3.05) is 5.32 Å². The van der Waals surface area contributed by atoms with Crippen molar-refractivity contribution in [1.29, 1.82) is 0 Å². The van der Waals surface area contributed by atoms with Crippen LogP contribution in [0.15, 0.2) is 34.7 Å². The predicted molar refractivity (Wildman–Crippen MR) is 57.8 cm³/mol. The van der Waals surface area contributed by atoms with Crippen LogP contribution < -0.4 is 5.32 Å². The van der Waals surface area contributed by atoms with Gasteiger partial charge in [0.2, 0.25) is 0 Å². The molecule has 0 atom stereocenters. The van der Waals surface area contributed by atoms with E-state index in [-0.39, 0.29) is 11.4 Å². The monoisotopic (exact) mass is 237 g/mol. The summed E-state index contributed by atoms with van der Waals surface area (Å²) >= 11 is 0. The van der Waals surface area contributed by atoms with Gasteiger partial charge in [-0.25, -0.2) is 8.78 Å². The van der Waals surface area contributed by atoms with Crippen molar-refractivity contribution in [2.45, 2.75) is 6.92 Å². The third-order valence-electron chi connectivity index (χ3n) is 2.14. The van der Waals surface area contributed by atoms with Crippen LogP contribution in [-0.2, 0) is 0 Å². The molecule has 0 saturated heterocycles. The number of nitrogens with one attached hydrogen (secondary N) is 1. The van der Waals surface area contributed by atoms with Crippen molar-refractivity contribution in [3.05, 3.63) is 53.5 Å². The maximum absolute atomic E-state index is 12.9. The Balaban J connectivity index is 2.15. The number of aryl methyl sites for hydroxylation is 1. The Kier molecular flexibility index (Phi) is 2.91. The highest BCUT2D eigenvalue weighted by Gasteiger charge is 2.11. The number of anilines is 1. The summed E-state index contributed by atoms with van der Waals surface area (Å²) in [5.41, 5.74) is 0.169. The maximum Gasteiger partial charge on any atom is 0.291 e. The molecule has 1 N–H and O–H groups in total. The maximum atomic E-state index is 12.9. The first kappa shape index (κ1) is 11.3. The summed E-state index contributed by atoms with van der Waals surface area (Å²) < 4.78 is 30.6. The molecule has 0 bridgehead atoms. The first-order valence-corrected chi connectivity index (χ1v) is 4.89. The van der Waals surface area contributed by atoms with Gasteiger partial charge in [-0.15, -0.1) is 0 Å². The molecule has 0 aliphatic carbocycles. The van der Waals surface area contributed by atoms with Crippen LogP contribution in [0, 0.1) is 18.6 Å². The van der Waals surface area contributed by atoms with E-state index in [0.717, 1.165) is 12.1 Å². The van der Waals surface area contributed by atoms with Crippen LogP contribution in [0.4, 0.5) is 14.5 Å². The van der Waals surface area contributed by atoms with Crippen molar-refractivity contribution in [3.8, 4) is 0 Å². The van der Waals surface area contributed by atoms with Gasteiger partial charge in [0.15, 0.2) is 17.4 Å². The molecule has 17 heavy (non-hydrogen) atoms. The zero-order chi connectivity index (χ0) is 12.4. The number of carbonyl (C=O) groups excluding carboxylic acids is 1.